The normalized spacial score (nSPS) is 15.2. The zero-order valence-corrected chi connectivity index (χ0v) is 18.9. The van der Waals surface area contributed by atoms with Crippen LogP contribution in [-0.2, 0) is 27.2 Å². The van der Waals surface area contributed by atoms with Crippen molar-refractivity contribution in [2.75, 3.05) is 18.4 Å². The summed E-state index contributed by atoms with van der Waals surface area (Å²) in [6.07, 6.45) is 5.89. The number of aromatic nitrogens is 2. The van der Waals surface area contributed by atoms with Crippen molar-refractivity contribution in [2.24, 2.45) is 5.92 Å². The number of benzene rings is 1. The summed E-state index contributed by atoms with van der Waals surface area (Å²) in [6.45, 7) is 0.969. The molecule has 4 rings (SSSR count). The largest absolute Gasteiger partial charge is 0.485 e. The molecule has 1 aliphatic rings. The molecule has 172 valence electrons. The van der Waals surface area contributed by atoms with E-state index in [1.165, 1.54) is 4.31 Å². The first-order valence-electron chi connectivity index (χ1n) is 10.8. The number of sulfonamides is 1. The molecule has 1 aromatic carbocycles. The van der Waals surface area contributed by atoms with Gasteiger partial charge >= 0.3 is 0 Å². The van der Waals surface area contributed by atoms with Gasteiger partial charge in [0.1, 0.15) is 6.61 Å². The van der Waals surface area contributed by atoms with Crippen LogP contribution in [0.1, 0.15) is 24.0 Å². The van der Waals surface area contributed by atoms with E-state index < -0.39 is 10.0 Å². The van der Waals surface area contributed by atoms with Gasteiger partial charge < -0.3 is 10.1 Å². The van der Waals surface area contributed by atoms with Crippen molar-refractivity contribution in [3.63, 3.8) is 0 Å². The van der Waals surface area contributed by atoms with Gasteiger partial charge in [0.25, 0.3) is 0 Å². The molecule has 0 spiro atoms. The predicted molar refractivity (Wildman–Crippen MR) is 125 cm³/mol. The highest BCUT2D eigenvalue weighted by Gasteiger charge is 2.31. The van der Waals surface area contributed by atoms with Crippen LogP contribution >= 0.6 is 0 Å². The average molecular weight is 467 g/mol. The van der Waals surface area contributed by atoms with Crippen molar-refractivity contribution in [3.8, 4) is 5.75 Å². The molecule has 0 aliphatic carbocycles. The molecule has 1 saturated heterocycles. The lowest BCUT2D eigenvalue weighted by Crippen LogP contribution is -2.42. The standard InChI is InChI=1S/C24H26N4O4S/c29-24(27-23-22(7-4-12-26-23)32-17-19-8-13-25-14-9-19)21-10-15-28(16-11-21)33(30,31)18-20-5-2-1-3-6-20/h1-9,12-14,21H,10-11,15-18H2,(H,26,27,29). The first-order valence-corrected chi connectivity index (χ1v) is 12.4. The number of carbonyl (C=O) groups is 1. The molecule has 0 atom stereocenters. The number of nitrogens with one attached hydrogen (secondary N) is 1. The number of piperidine rings is 1. The van der Waals surface area contributed by atoms with Crippen LogP contribution in [0.2, 0.25) is 0 Å². The maximum absolute atomic E-state index is 12.9. The molecular formula is C24H26N4O4S. The highest BCUT2D eigenvalue weighted by atomic mass is 32.2. The van der Waals surface area contributed by atoms with Crippen LogP contribution in [0.4, 0.5) is 5.82 Å². The summed E-state index contributed by atoms with van der Waals surface area (Å²) in [7, 11) is -3.42. The molecule has 2 aromatic heterocycles. The molecule has 0 radical (unpaired) electrons. The Morgan fingerprint density at radius 3 is 2.42 bits per heavy atom. The van der Waals surface area contributed by atoms with Crippen molar-refractivity contribution in [1.82, 2.24) is 14.3 Å². The number of carbonyl (C=O) groups excluding carboxylic acids is 1. The highest BCUT2D eigenvalue weighted by molar-refractivity contribution is 7.88. The Balaban J connectivity index is 1.32. The third-order valence-electron chi connectivity index (χ3n) is 5.57. The minimum Gasteiger partial charge on any atom is -0.485 e. The number of nitrogens with zero attached hydrogens (tertiary/aromatic N) is 3. The van der Waals surface area contributed by atoms with E-state index >= 15 is 0 Å². The second-order valence-electron chi connectivity index (χ2n) is 7.90. The number of hydrogen-bond acceptors (Lipinski definition) is 6. The fourth-order valence-electron chi connectivity index (χ4n) is 3.73. The van der Waals surface area contributed by atoms with Crippen LogP contribution in [0.3, 0.4) is 0 Å². The monoisotopic (exact) mass is 466 g/mol. The Labute approximate surface area is 193 Å². The summed E-state index contributed by atoms with van der Waals surface area (Å²) in [5.74, 6) is 0.337. The molecule has 1 fully saturated rings. The molecule has 3 heterocycles. The Bertz CT molecular complexity index is 1170. The van der Waals surface area contributed by atoms with Crippen LogP contribution < -0.4 is 10.1 Å². The zero-order valence-electron chi connectivity index (χ0n) is 18.1. The maximum atomic E-state index is 12.9. The van der Waals surface area contributed by atoms with E-state index in [9.17, 15) is 13.2 Å². The van der Waals surface area contributed by atoms with Crippen LogP contribution in [0.5, 0.6) is 5.75 Å². The van der Waals surface area contributed by atoms with E-state index in [1.807, 2.05) is 30.3 Å². The minimum atomic E-state index is -3.42. The number of ether oxygens (including phenoxy) is 1. The molecule has 9 heteroatoms. The van der Waals surface area contributed by atoms with Gasteiger partial charge in [-0.2, -0.15) is 0 Å². The average Bonchev–Trinajstić information content (AvgIpc) is 2.84. The van der Waals surface area contributed by atoms with Gasteiger partial charge in [-0.15, -0.1) is 0 Å². The number of amides is 1. The fraction of sp³-hybridized carbons (Fsp3) is 0.292. The zero-order chi connectivity index (χ0) is 23.1. The van der Waals surface area contributed by atoms with Gasteiger partial charge in [0, 0.05) is 37.6 Å². The predicted octanol–water partition coefficient (Wildman–Crippen LogP) is 3.24. The highest BCUT2D eigenvalue weighted by Crippen LogP contribution is 2.26. The number of rotatable bonds is 8. The fourth-order valence-corrected chi connectivity index (χ4v) is 5.30. The number of pyridine rings is 2. The van der Waals surface area contributed by atoms with Gasteiger partial charge in [-0.05, 0) is 48.2 Å². The maximum Gasteiger partial charge on any atom is 0.228 e. The molecule has 1 amide bonds. The van der Waals surface area contributed by atoms with Crippen LogP contribution in [-0.4, -0.2) is 41.7 Å². The Kier molecular flexibility index (Phi) is 7.31. The summed E-state index contributed by atoms with van der Waals surface area (Å²) in [5.41, 5.74) is 1.71. The number of hydrogen-bond donors (Lipinski definition) is 1. The molecular weight excluding hydrogens is 440 g/mol. The summed E-state index contributed by atoms with van der Waals surface area (Å²) in [5, 5.41) is 2.85. The lowest BCUT2D eigenvalue weighted by Gasteiger charge is -2.30. The van der Waals surface area contributed by atoms with E-state index in [0.29, 0.717) is 44.1 Å². The third-order valence-corrected chi connectivity index (χ3v) is 7.42. The number of anilines is 1. The summed E-state index contributed by atoms with van der Waals surface area (Å²) >= 11 is 0. The molecule has 8 nitrogen and oxygen atoms in total. The summed E-state index contributed by atoms with van der Waals surface area (Å²) in [6, 6.07) is 16.3. The van der Waals surface area contributed by atoms with Gasteiger partial charge in [-0.25, -0.2) is 17.7 Å². The second kappa shape index (κ2) is 10.5. The Morgan fingerprint density at radius 1 is 0.970 bits per heavy atom. The van der Waals surface area contributed by atoms with Crippen LogP contribution in [0.15, 0.2) is 73.2 Å². The Hall–Kier alpha value is -3.30. The summed E-state index contributed by atoms with van der Waals surface area (Å²) in [4.78, 5) is 21.1. The molecule has 0 unspecified atom stereocenters. The van der Waals surface area contributed by atoms with Gasteiger partial charge in [0.2, 0.25) is 15.9 Å². The third kappa shape index (κ3) is 6.15. The van der Waals surface area contributed by atoms with Gasteiger partial charge in [-0.1, -0.05) is 30.3 Å². The van der Waals surface area contributed by atoms with E-state index in [-0.39, 0.29) is 17.6 Å². The topological polar surface area (TPSA) is 101 Å². The van der Waals surface area contributed by atoms with Gasteiger partial charge in [-0.3, -0.25) is 9.78 Å². The smallest absolute Gasteiger partial charge is 0.228 e. The molecule has 1 N–H and O–H groups in total. The SMILES string of the molecule is O=C(Nc1ncccc1OCc1ccncc1)C1CCN(S(=O)(=O)Cc2ccccc2)CC1. The van der Waals surface area contributed by atoms with Crippen molar-refractivity contribution in [3.05, 3.63) is 84.3 Å². The van der Waals surface area contributed by atoms with Gasteiger partial charge in [0.15, 0.2) is 11.6 Å². The van der Waals surface area contributed by atoms with Gasteiger partial charge in [0.05, 0.1) is 5.75 Å². The minimum absolute atomic E-state index is 0.0309. The van der Waals surface area contributed by atoms with Crippen molar-refractivity contribution in [1.29, 1.82) is 0 Å². The first-order chi connectivity index (χ1) is 16.0. The first kappa shape index (κ1) is 22.9. The van der Waals surface area contributed by atoms with E-state index in [4.69, 9.17) is 4.74 Å². The summed E-state index contributed by atoms with van der Waals surface area (Å²) < 4.78 is 32.8. The molecule has 0 saturated carbocycles. The second-order valence-corrected chi connectivity index (χ2v) is 9.87. The molecule has 1 aliphatic heterocycles. The molecule has 0 bridgehead atoms. The van der Waals surface area contributed by atoms with Crippen molar-refractivity contribution >= 4 is 21.7 Å². The lowest BCUT2D eigenvalue weighted by molar-refractivity contribution is -0.120. The van der Waals surface area contributed by atoms with Crippen molar-refractivity contribution in [2.45, 2.75) is 25.2 Å². The van der Waals surface area contributed by atoms with E-state index in [2.05, 4.69) is 15.3 Å². The van der Waals surface area contributed by atoms with Crippen LogP contribution in [0.25, 0.3) is 0 Å². The Morgan fingerprint density at radius 2 is 1.70 bits per heavy atom. The molecule has 3 aromatic rings. The van der Waals surface area contributed by atoms with E-state index in [0.717, 1.165) is 11.1 Å². The molecule has 33 heavy (non-hydrogen) atoms. The van der Waals surface area contributed by atoms with E-state index in [1.54, 1.807) is 42.9 Å². The van der Waals surface area contributed by atoms with Crippen molar-refractivity contribution < 1.29 is 17.9 Å². The van der Waals surface area contributed by atoms with Crippen LogP contribution in [0, 0.1) is 5.92 Å². The lowest BCUT2D eigenvalue weighted by atomic mass is 9.97. The quantitative estimate of drug-likeness (QED) is 0.547.